The zero-order chi connectivity index (χ0) is 12.3. The first-order valence-corrected chi connectivity index (χ1v) is 5.85. The normalized spacial score (nSPS) is 18.9. The van der Waals surface area contributed by atoms with Gasteiger partial charge in [-0.3, -0.25) is 14.7 Å². The van der Waals surface area contributed by atoms with Crippen molar-refractivity contribution in [2.75, 3.05) is 26.2 Å². The van der Waals surface area contributed by atoms with Crippen LogP contribution in [0.4, 0.5) is 0 Å². The monoisotopic (exact) mass is 234 g/mol. The SMILES string of the molecule is Cc1ccc(C(C(N)=O)N2CCNCC2)cn1. The molecule has 0 saturated carbocycles. The second-order valence-corrected chi connectivity index (χ2v) is 4.32. The predicted octanol–water partition coefficient (Wildman–Crippen LogP) is -0.178. The summed E-state index contributed by atoms with van der Waals surface area (Å²) in [5, 5.41) is 3.26. The van der Waals surface area contributed by atoms with Crippen molar-refractivity contribution >= 4 is 5.91 Å². The van der Waals surface area contributed by atoms with Gasteiger partial charge in [0.25, 0.3) is 0 Å². The number of nitrogens with two attached hydrogens (primary N) is 1. The third kappa shape index (κ3) is 2.81. The van der Waals surface area contributed by atoms with Crippen LogP contribution in [0.2, 0.25) is 0 Å². The first-order chi connectivity index (χ1) is 8.18. The third-order valence-corrected chi connectivity index (χ3v) is 3.04. The Kier molecular flexibility index (Phi) is 3.71. The van der Waals surface area contributed by atoms with Crippen LogP contribution in [0.3, 0.4) is 0 Å². The number of carbonyl (C=O) groups excluding carboxylic acids is 1. The van der Waals surface area contributed by atoms with Crippen LogP contribution in [-0.2, 0) is 4.79 Å². The second-order valence-electron chi connectivity index (χ2n) is 4.32. The van der Waals surface area contributed by atoms with Crippen LogP contribution >= 0.6 is 0 Å². The summed E-state index contributed by atoms with van der Waals surface area (Å²) >= 11 is 0. The van der Waals surface area contributed by atoms with E-state index in [1.54, 1.807) is 6.20 Å². The molecule has 2 heterocycles. The van der Waals surface area contributed by atoms with Crippen LogP contribution in [-0.4, -0.2) is 42.0 Å². The largest absolute Gasteiger partial charge is 0.368 e. The van der Waals surface area contributed by atoms with E-state index in [-0.39, 0.29) is 11.9 Å². The van der Waals surface area contributed by atoms with Crippen LogP contribution in [0, 0.1) is 6.92 Å². The van der Waals surface area contributed by atoms with Crippen LogP contribution in [0.15, 0.2) is 18.3 Å². The Morgan fingerprint density at radius 1 is 1.47 bits per heavy atom. The van der Waals surface area contributed by atoms with Crippen molar-refractivity contribution in [1.82, 2.24) is 15.2 Å². The van der Waals surface area contributed by atoms with E-state index in [2.05, 4.69) is 15.2 Å². The predicted molar refractivity (Wildman–Crippen MR) is 65.4 cm³/mol. The molecule has 1 aromatic rings. The molecule has 5 nitrogen and oxygen atoms in total. The molecule has 1 unspecified atom stereocenters. The van der Waals surface area contributed by atoms with Gasteiger partial charge in [-0.15, -0.1) is 0 Å². The summed E-state index contributed by atoms with van der Waals surface area (Å²) in [5.74, 6) is -0.308. The Bertz CT molecular complexity index is 384. The van der Waals surface area contributed by atoms with Crippen LogP contribution in [0.1, 0.15) is 17.3 Å². The Balaban J connectivity index is 2.21. The number of aryl methyl sites for hydroxylation is 1. The molecule has 2 rings (SSSR count). The van der Waals surface area contributed by atoms with E-state index in [4.69, 9.17) is 5.73 Å². The number of rotatable bonds is 3. The smallest absolute Gasteiger partial charge is 0.239 e. The molecule has 1 amide bonds. The molecule has 5 heteroatoms. The number of carbonyl (C=O) groups is 1. The fraction of sp³-hybridized carbons (Fsp3) is 0.500. The van der Waals surface area contributed by atoms with Crippen LogP contribution in [0.25, 0.3) is 0 Å². The second kappa shape index (κ2) is 5.25. The van der Waals surface area contributed by atoms with Gasteiger partial charge < -0.3 is 11.1 Å². The molecule has 0 aliphatic carbocycles. The van der Waals surface area contributed by atoms with Crippen molar-refractivity contribution in [3.63, 3.8) is 0 Å². The maximum absolute atomic E-state index is 11.6. The molecule has 1 aliphatic rings. The Labute approximate surface area is 101 Å². The molecule has 0 aromatic carbocycles. The van der Waals surface area contributed by atoms with Crippen LogP contribution in [0.5, 0.6) is 0 Å². The number of amides is 1. The van der Waals surface area contributed by atoms with E-state index in [9.17, 15) is 4.79 Å². The summed E-state index contributed by atoms with van der Waals surface area (Å²) in [6, 6.07) is 3.48. The van der Waals surface area contributed by atoms with E-state index in [1.807, 2.05) is 19.1 Å². The molecule has 1 fully saturated rings. The molecule has 92 valence electrons. The van der Waals surface area contributed by atoms with Crippen molar-refractivity contribution in [1.29, 1.82) is 0 Å². The zero-order valence-electron chi connectivity index (χ0n) is 10.0. The van der Waals surface area contributed by atoms with Gasteiger partial charge in [-0.25, -0.2) is 0 Å². The first-order valence-electron chi connectivity index (χ1n) is 5.85. The van der Waals surface area contributed by atoms with Gasteiger partial charge in [0, 0.05) is 38.1 Å². The number of hydrogen-bond donors (Lipinski definition) is 2. The van der Waals surface area contributed by atoms with Crippen molar-refractivity contribution in [2.24, 2.45) is 5.73 Å². The minimum atomic E-state index is -0.356. The van der Waals surface area contributed by atoms with Crippen molar-refractivity contribution in [3.05, 3.63) is 29.6 Å². The maximum Gasteiger partial charge on any atom is 0.239 e. The summed E-state index contributed by atoms with van der Waals surface area (Å²) in [6.07, 6.45) is 1.74. The molecule has 1 aromatic heterocycles. The summed E-state index contributed by atoms with van der Waals surface area (Å²) in [5.41, 5.74) is 7.33. The van der Waals surface area contributed by atoms with Crippen molar-refractivity contribution in [2.45, 2.75) is 13.0 Å². The van der Waals surface area contributed by atoms with E-state index >= 15 is 0 Å². The Morgan fingerprint density at radius 2 is 2.18 bits per heavy atom. The van der Waals surface area contributed by atoms with Gasteiger partial charge in [0.15, 0.2) is 0 Å². The fourth-order valence-corrected chi connectivity index (χ4v) is 2.14. The molecule has 0 bridgehead atoms. The molecule has 1 atom stereocenters. The molecule has 1 aliphatic heterocycles. The minimum Gasteiger partial charge on any atom is -0.368 e. The van der Waals surface area contributed by atoms with E-state index in [0.717, 1.165) is 37.4 Å². The topological polar surface area (TPSA) is 71.2 Å². The van der Waals surface area contributed by atoms with Gasteiger partial charge in [-0.2, -0.15) is 0 Å². The highest BCUT2D eigenvalue weighted by Crippen LogP contribution is 2.20. The standard InChI is InChI=1S/C12H18N4O/c1-9-2-3-10(8-15-9)11(12(13)17)16-6-4-14-5-7-16/h2-3,8,11,14H,4-7H2,1H3,(H2,13,17). The lowest BCUT2D eigenvalue weighted by Crippen LogP contribution is -2.48. The third-order valence-electron chi connectivity index (χ3n) is 3.04. The fourth-order valence-electron chi connectivity index (χ4n) is 2.14. The zero-order valence-corrected chi connectivity index (χ0v) is 10.0. The van der Waals surface area contributed by atoms with Gasteiger partial charge in [0.1, 0.15) is 6.04 Å². The van der Waals surface area contributed by atoms with Crippen LogP contribution < -0.4 is 11.1 Å². The van der Waals surface area contributed by atoms with Gasteiger partial charge >= 0.3 is 0 Å². The summed E-state index contributed by atoms with van der Waals surface area (Å²) in [6.45, 7) is 5.38. The molecule has 0 spiro atoms. The quantitative estimate of drug-likeness (QED) is 0.761. The van der Waals surface area contributed by atoms with E-state index in [0.29, 0.717) is 0 Å². The highest BCUT2D eigenvalue weighted by Gasteiger charge is 2.26. The maximum atomic E-state index is 11.6. The lowest BCUT2D eigenvalue weighted by Gasteiger charge is -2.33. The lowest BCUT2D eigenvalue weighted by atomic mass is 10.1. The molecular weight excluding hydrogens is 216 g/mol. The number of nitrogens with zero attached hydrogens (tertiary/aromatic N) is 2. The van der Waals surface area contributed by atoms with Gasteiger partial charge in [0.2, 0.25) is 5.91 Å². The highest BCUT2D eigenvalue weighted by atomic mass is 16.1. The lowest BCUT2D eigenvalue weighted by molar-refractivity contribution is -0.123. The summed E-state index contributed by atoms with van der Waals surface area (Å²) < 4.78 is 0. The first kappa shape index (κ1) is 12.0. The summed E-state index contributed by atoms with van der Waals surface area (Å²) in [4.78, 5) is 17.9. The Hall–Kier alpha value is -1.46. The average molecular weight is 234 g/mol. The number of primary amides is 1. The van der Waals surface area contributed by atoms with E-state index in [1.165, 1.54) is 0 Å². The van der Waals surface area contributed by atoms with Crippen molar-refractivity contribution in [3.8, 4) is 0 Å². The molecule has 1 saturated heterocycles. The van der Waals surface area contributed by atoms with E-state index < -0.39 is 0 Å². The number of piperazine rings is 1. The minimum absolute atomic E-state index is 0.308. The summed E-state index contributed by atoms with van der Waals surface area (Å²) in [7, 11) is 0. The number of nitrogens with one attached hydrogen (secondary N) is 1. The Morgan fingerprint density at radius 3 is 2.71 bits per heavy atom. The van der Waals surface area contributed by atoms with Gasteiger partial charge in [0.05, 0.1) is 0 Å². The average Bonchev–Trinajstić information content (AvgIpc) is 2.33. The number of aromatic nitrogens is 1. The molecule has 17 heavy (non-hydrogen) atoms. The number of hydrogen-bond acceptors (Lipinski definition) is 4. The van der Waals surface area contributed by atoms with Gasteiger partial charge in [-0.1, -0.05) is 6.07 Å². The van der Waals surface area contributed by atoms with Crippen molar-refractivity contribution < 1.29 is 4.79 Å². The molecule has 3 N–H and O–H groups in total. The molecule has 0 radical (unpaired) electrons. The molecular formula is C12H18N4O. The van der Waals surface area contributed by atoms with Gasteiger partial charge in [-0.05, 0) is 18.6 Å². The number of pyridine rings is 1. The highest BCUT2D eigenvalue weighted by molar-refractivity contribution is 5.81.